The summed E-state index contributed by atoms with van der Waals surface area (Å²) in [5.74, 6) is -3.84. The molecule has 1 aromatic rings. The summed E-state index contributed by atoms with van der Waals surface area (Å²) in [5, 5.41) is 11.3. The van der Waals surface area contributed by atoms with E-state index < -0.39 is 64.9 Å². The molecule has 0 aromatic carbocycles. The molecule has 3 aliphatic rings. The number of aryl methyl sites for hydroxylation is 1. The van der Waals surface area contributed by atoms with Gasteiger partial charge in [0.15, 0.2) is 5.78 Å². The Morgan fingerprint density at radius 1 is 0.880 bits per heavy atom. The number of hydrogen-bond acceptors (Lipinski definition) is 7. The Labute approximate surface area is 295 Å². The Morgan fingerprint density at radius 3 is 2.12 bits per heavy atom. The van der Waals surface area contributed by atoms with Crippen molar-refractivity contribution in [3.8, 4) is 0 Å². The molecular weight excluding hydrogens is 640 g/mol. The van der Waals surface area contributed by atoms with Crippen LogP contribution in [0.4, 0.5) is 0 Å². The zero-order valence-corrected chi connectivity index (χ0v) is 30.8. The molecule has 4 rings (SSSR count). The first-order chi connectivity index (χ1) is 23.5. The molecule has 1 aromatic heterocycles. The second-order valence-corrected chi connectivity index (χ2v) is 15.5. The minimum atomic E-state index is -1.04. The largest absolute Gasteiger partial charge is 0.354 e. The zero-order chi connectivity index (χ0) is 36.9. The van der Waals surface area contributed by atoms with Gasteiger partial charge in [-0.3, -0.25) is 33.6 Å². The number of nitrogens with one attached hydrogen (secondary N) is 5. The fourth-order valence-corrected chi connectivity index (χ4v) is 7.22. The molecule has 50 heavy (non-hydrogen) atoms. The zero-order valence-electron chi connectivity index (χ0n) is 30.8. The number of Topliss-reactive ketones (excluding diaryl/α,β-unsaturated/α-hetero) is 2. The number of likely N-dealkylation sites (tertiary alicyclic amines) is 1. The van der Waals surface area contributed by atoms with Crippen molar-refractivity contribution in [2.75, 3.05) is 6.54 Å². The number of rotatable bonds is 14. The maximum absolute atomic E-state index is 14.3. The van der Waals surface area contributed by atoms with Crippen LogP contribution in [0.1, 0.15) is 137 Å². The Morgan fingerprint density at radius 2 is 1.54 bits per heavy atom. The Balaban J connectivity index is 1.53. The molecule has 13 heteroatoms. The molecule has 0 bridgehead atoms. The van der Waals surface area contributed by atoms with Crippen LogP contribution in [-0.4, -0.2) is 87.7 Å². The molecule has 1 aliphatic heterocycles. The smallest absolute Gasteiger partial charge is 0.289 e. The first-order valence-electron chi connectivity index (χ1n) is 18.3. The highest BCUT2D eigenvalue weighted by Gasteiger charge is 2.44. The van der Waals surface area contributed by atoms with Gasteiger partial charge >= 0.3 is 0 Å². The van der Waals surface area contributed by atoms with Gasteiger partial charge in [-0.05, 0) is 82.6 Å². The third kappa shape index (κ3) is 9.19. The van der Waals surface area contributed by atoms with Gasteiger partial charge in [0.1, 0.15) is 23.8 Å². The molecule has 0 spiro atoms. The molecule has 5 N–H and O–H groups in total. The average molecular weight is 697 g/mol. The van der Waals surface area contributed by atoms with Crippen LogP contribution >= 0.6 is 0 Å². The standard InChI is InChI=1S/C37H56N6O7/c1-8-13-25(30(45)35(49)39-24-17-18-24)40-32(46)26-16-12-19-43(26)36(50)31(37(5,6)7)42-33(47)28(23-14-10-9-11-15-23)41-34(48)29-27(22(4)44)20(2)21(3)38-29/h23-26,28,31,38H,8-19H2,1-7H3,(H,39,49)(H,40,46)(H,41,48)(H,42,47)/t25-,26-,28?,31+/m0/s1. The third-order valence-electron chi connectivity index (χ3n) is 10.4. The maximum atomic E-state index is 14.3. The third-order valence-corrected chi connectivity index (χ3v) is 10.4. The van der Waals surface area contributed by atoms with Crippen LogP contribution in [0.3, 0.4) is 0 Å². The van der Waals surface area contributed by atoms with Crippen LogP contribution < -0.4 is 21.3 Å². The second-order valence-electron chi connectivity index (χ2n) is 15.5. The van der Waals surface area contributed by atoms with Gasteiger partial charge in [0.05, 0.1) is 11.6 Å². The number of carbonyl (C=O) groups excluding carboxylic acids is 7. The monoisotopic (exact) mass is 696 g/mol. The molecule has 2 heterocycles. The molecule has 1 saturated heterocycles. The van der Waals surface area contributed by atoms with Gasteiger partial charge < -0.3 is 31.2 Å². The Bertz CT molecular complexity index is 1480. The molecule has 4 atom stereocenters. The van der Waals surface area contributed by atoms with Crippen molar-refractivity contribution >= 4 is 41.1 Å². The van der Waals surface area contributed by atoms with Crippen molar-refractivity contribution in [2.45, 2.75) is 149 Å². The lowest BCUT2D eigenvalue weighted by Crippen LogP contribution is -2.62. The first-order valence-corrected chi connectivity index (χ1v) is 18.3. The van der Waals surface area contributed by atoms with Crippen molar-refractivity contribution in [3.05, 3.63) is 22.5 Å². The van der Waals surface area contributed by atoms with E-state index in [0.717, 1.165) is 44.9 Å². The number of amides is 5. The summed E-state index contributed by atoms with van der Waals surface area (Å²) in [6.07, 6.45) is 7.71. The summed E-state index contributed by atoms with van der Waals surface area (Å²) in [6.45, 7) is 12.6. The van der Waals surface area contributed by atoms with Crippen molar-refractivity contribution in [1.82, 2.24) is 31.2 Å². The first kappa shape index (κ1) is 38.8. The molecular formula is C37H56N6O7. The molecule has 5 amide bonds. The Hall–Kier alpha value is -4.03. The van der Waals surface area contributed by atoms with E-state index in [1.165, 1.54) is 11.8 Å². The van der Waals surface area contributed by atoms with E-state index in [0.29, 0.717) is 30.5 Å². The predicted molar refractivity (Wildman–Crippen MR) is 187 cm³/mol. The van der Waals surface area contributed by atoms with Crippen molar-refractivity contribution in [3.63, 3.8) is 0 Å². The number of carbonyl (C=O) groups is 7. The lowest BCUT2D eigenvalue weighted by atomic mass is 9.82. The number of aromatic nitrogens is 1. The summed E-state index contributed by atoms with van der Waals surface area (Å²) in [6, 6.07) is -3.86. The lowest BCUT2D eigenvalue weighted by Gasteiger charge is -2.37. The molecule has 3 fully saturated rings. The fourth-order valence-electron chi connectivity index (χ4n) is 7.22. The molecule has 13 nitrogen and oxygen atoms in total. The summed E-state index contributed by atoms with van der Waals surface area (Å²) >= 11 is 0. The van der Waals surface area contributed by atoms with Gasteiger partial charge in [0.25, 0.3) is 11.8 Å². The SMILES string of the molecule is CCC[C@H](NC(=O)[C@@H]1CCCN1C(=O)[C@@H](NC(=O)C(NC(=O)c1[nH]c(C)c(C)c1C(C)=O)C1CCCCC1)C(C)(C)C)C(=O)C(=O)NC1CC1. The number of nitrogens with zero attached hydrogens (tertiary/aromatic N) is 1. The summed E-state index contributed by atoms with van der Waals surface area (Å²) in [7, 11) is 0. The highest BCUT2D eigenvalue weighted by atomic mass is 16.2. The lowest BCUT2D eigenvalue weighted by molar-refractivity contribution is -0.145. The van der Waals surface area contributed by atoms with Gasteiger partial charge in [-0.1, -0.05) is 53.4 Å². The highest BCUT2D eigenvalue weighted by Crippen LogP contribution is 2.30. The van der Waals surface area contributed by atoms with Crippen LogP contribution in [0, 0.1) is 25.2 Å². The van der Waals surface area contributed by atoms with Crippen molar-refractivity contribution in [1.29, 1.82) is 0 Å². The summed E-state index contributed by atoms with van der Waals surface area (Å²) < 4.78 is 0. The minimum absolute atomic E-state index is 0.00262. The van der Waals surface area contributed by atoms with E-state index in [4.69, 9.17) is 0 Å². The normalized spacial score (nSPS) is 20.0. The van der Waals surface area contributed by atoms with Crippen LogP contribution in [-0.2, 0) is 24.0 Å². The summed E-state index contributed by atoms with van der Waals surface area (Å²) in [4.78, 5) is 98.2. The average Bonchev–Trinajstić information content (AvgIpc) is 3.63. The van der Waals surface area contributed by atoms with E-state index in [1.54, 1.807) is 13.8 Å². The minimum Gasteiger partial charge on any atom is -0.354 e. The van der Waals surface area contributed by atoms with E-state index in [-0.39, 0.29) is 42.0 Å². The van der Waals surface area contributed by atoms with Crippen LogP contribution in [0.2, 0.25) is 0 Å². The van der Waals surface area contributed by atoms with Gasteiger partial charge in [-0.2, -0.15) is 0 Å². The molecule has 1 unspecified atom stereocenters. The fraction of sp³-hybridized carbons (Fsp3) is 0.703. The molecule has 2 aliphatic carbocycles. The van der Waals surface area contributed by atoms with Gasteiger partial charge in [0, 0.05) is 18.3 Å². The predicted octanol–water partition coefficient (Wildman–Crippen LogP) is 3.17. The molecule has 276 valence electrons. The van der Waals surface area contributed by atoms with Crippen LogP contribution in [0.5, 0.6) is 0 Å². The number of hydrogen-bond donors (Lipinski definition) is 5. The Kier molecular flexibility index (Phi) is 12.7. The van der Waals surface area contributed by atoms with Crippen molar-refractivity contribution in [2.24, 2.45) is 11.3 Å². The molecule has 2 saturated carbocycles. The van der Waals surface area contributed by atoms with E-state index in [9.17, 15) is 33.6 Å². The highest BCUT2D eigenvalue weighted by molar-refractivity contribution is 6.38. The number of aromatic amines is 1. The topological polar surface area (TPSA) is 187 Å². The second kappa shape index (κ2) is 16.3. The van der Waals surface area contributed by atoms with E-state index in [1.807, 2.05) is 27.7 Å². The van der Waals surface area contributed by atoms with E-state index in [2.05, 4.69) is 26.3 Å². The maximum Gasteiger partial charge on any atom is 0.289 e. The van der Waals surface area contributed by atoms with Crippen LogP contribution in [0.15, 0.2) is 0 Å². The quantitative estimate of drug-likeness (QED) is 0.146. The van der Waals surface area contributed by atoms with Crippen molar-refractivity contribution < 1.29 is 33.6 Å². The number of H-pyrrole nitrogens is 1. The van der Waals surface area contributed by atoms with Gasteiger partial charge in [0.2, 0.25) is 23.5 Å². The summed E-state index contributed by atoms with van der Waals surface area (Å²) in [5.41, 5.74) is 0.995. The van der Waals surface area contributed by atoms with Crippen LogP contribution in [0.25, 0.3) is 0 Å². The molecule has 0 radical (unpaired) electrons. The van der Waals surface area contributed by atoms with Gasteiger partial charge in [-0.15, -0.1) is 0 Å². The van der Waals surface area contributed by atoms with Gasteiger partial charge in [-0.25, -0.2) is 0 Å². The number of ketones is 2. The van der Waals surface area contributed by atoms with E-state index >= 15 is 0 Å².